The minimum absolute atomic E-state index is 0.0420. The highest BCUT2D eigenvalue weighted by Gasteiger charge is 2.39. The van der Waals surface area contributed by atoms with Crippen LogP contribution in [0.4, 0.5) is 10.5 Å². The summed E-state index contributed by atoms with van der Waals surface area (Å²) in [5, 5.41) is 0. The van der Waals surface area contributed by atoms with Crippen LogP contribution in [0.1, 0.15) is 24.8 Å². The Bertz CT molecular complexity index is 421. The van der Waals surface area contributed by atoms with Gasteiger partial charge in [0.15, 0.2) is 0 Å². The molecule has 4 nitrogen and oxygen atoms in total. The van der Waals surface area contributed by atoms with Crippen LogP contribution >= 0.6 is 0 Å². The van der Waals surface area contributed by atoms with Crippen molar-refractivity contribution < 1.29 is 4.79 Å². The number of primary amides is 1. The van der Waals surface area contributed by atoms with Gasteiger partial charge in [0.25, 0.3) is 0 Å². The van der Waals surface area contributed by atoms with E-state index < -0.39 is 6.03 Å². The molecule has 0 bridgehead atoms. The lowest BCUT2D eigenvalue weighted by Crippen LogP contribution is -2.43. The molecule has 1 aromatic rings. The number of hydrogen-bond donors (Lipinski definition) is 2. The van der Waals surface area contributed by atoms with Gasteiger partial charge in [-0.25, -0.2) is 4.79 Å². The van der Waals surface area contributed by atoms with E-state index in [0.717, 1.165) is 24.1 Å². The number of nitrogens with two attached hydrogens (primary N) is 2. The summed E-state index contributed by atoms with van der Waals surface area (Å²) in [6.45, 7) is 0.622. The molecule has 0 heterocycles. The Balaban J connectivity index is 2.43. The highest BCUT2D eigenvalue weighted by atomic mass is 16.2. The number of carbonyl (C=O) groups excluding carboxylic acids is 1. The summed E-state index contributed by atoms with van der Waals surface area (Å²) >= 11 is 0. The lowest BCUT2D eigenvalue weighted by molar-refractivity contribution is 0.250. The number of amides is 2. The minimum Gasteiger partial charge on any atom is -0.351 e. The molecule has 0 saturated heterocycles. The Morgan fingerprint density at radius 2 is 2.06 bits per heavy atom. The van der Waals surface area contributed by atoms with Gasteiger partial charge in [-0.2, -0.15) is 0 Å². The van der Waals surface area contributed by atoms with Gasteiger partial charge in [0, 0.05) is 24.7 Å². The summed E-state index contributed by atoms with van der Waals surface area (Å²) in [6, 6.07) is 7.45. The summed E-state index contributed by atoms with van der Waals surface area (Å²) in [5.74, 6) is 0. The fourth-order valence-electron chi connectivity index (χ4n) is 2.52. The van der Waals surface area contributed by atoms with Gasteiger partial charge in [0.05, 0.1) is 0 Å². The van der Waals surface area contributed by atoms with E-state index in [1.54, 1.807) is 7.05 Å². The van der Waals surface area contributed by atoms with Crippen LogP contribution < -0.4 is 16.4 Å². The molecule has 92 valence electrons. The lowest BCUT2D eigenvalue weighted by Gasteiger charge is -2.43. The van der Waals surface area contributed by atoms with Crippen molar-refractivity contribution in [3.05, 3.63) is 29.8 Å². The number of nitrogens with zero attached hydrogens (tertiary/aromatic N) is 1. The number of para-hydroxylation sites is 1. The van der Waals surface area contributed by atoms with Crippen molar-refractivity contribution in [2.45, 2.75) is 24.7 Å². The Morgan fingerprint density at radius 1 is 1.41 bits per heavy atom. The highest BCUT2D eigenvalue weighted by molar-refractivity contribution is 5.91. The number of rotatable bonds is 3. The largest absolute Gasteiger partial charge is 0.351 e. The zero-order valence-corrected chi connectivity index (χ0v) is 10.1. The van der Waals surface area contributed by atoms with Crippen LogP contribution in [-0.4, -0.2) is 19.6 Å². The molecule has 2 amide bonds. The molecule has 1 aromatic carbocycles. The van der Waals surface area contributed by atoms with E-state index in [2.05, 4.69) is 6.07 Å². The van der Waals surface area contributed by atoms with E-state index in [4.69, 9.17) is 11.5 Å². The second-order valence-electron chi connectivity index (χ2n) is 4.75. The second-order valence-corrected chi connectivity index (χ2v) is 4.75. The average molecular weight is 233 g/mol. The van der Waals surface area contributed by atoms with Crippen molar-refractivity contribution in [2.24, 2.45) is 11.5 Å². The third-order valence-electron chi connectivity index (χ3n) is 3.87. The van der Waals surface area contributed by atoms with Gasteiger partial charge in [-0.3, -0.25) is 4.90 Å². The van der Waals surface area contributed by atoms with E-state index in [-0.39, 0.29) is 5.41 Å². The van der Waals surface area contributed by atoms with Crippen LogP contribution in [0.5, 0.6) is 0 Å². The number of anilines is 1. The van der Waals surface area contributed by atoms with Gasteiger partial charge in [0.2, 0.25) is 0 Å². The van der Waals surface area contributed by atoms with Gasteiger partial charge < -0.3 is 11.5 Å². The fourth-order valence-corrected chi connectivity index (χ4v) is 2.52. The zero-order chi connectivity index (χ0) is 12.5. The van der Waals surface area contributed by atoms with E-state index in [0.29, 0.717) is 6.54 Å². The lowest BCUT2D eigenvalue weighted by atomic mass is 9.64. The van der Waals surface area contributed by atoms with E-state index in [1.165, 1.54) is 11.3 Å². The summed E-state index contributed by atoms with van der Waals surface area (Å²) < 4.78 is 0. The van der Waals surface area contributed by atoms with Crippen molar-refractivity contribution in [3.63, 3.8) is 0 Å². The Kier molecular flexibility index (Phi) is 3.07. The van der Waals surface area contributed by atoms with Crippen LogP contribution in [0.25, 0.3) is 0 Å². The maximum atomic E-state index is 11.3. The molecule has 0 unspecified atom stereocenters. The van der Waals surface area contributed by atoms with E-state index >= 15 is 0 Å². The third kappa shape index (κ3) is 1.89. The molecule has 4 N–H and O–H groups in total. The van der Waals surface area contributed by atoms with Crippen LogP contribution in [0.2, 0.25) is 0 Å². The predicted octanol–water partition coefficient (Wildman–Crippen LogP) is 1.58. The SMILES string of the molecule is CN(C(N)=O)c1ccccc1C1(CN)CCC1. The topological polar surface area (TPSA) is 72.3 Å². The maximum absolute atomic E-state index is 11.3. The van der Waals surface area contributed by atoms with Gasteiger partial charge >= 0.3 is 6.03 Å². The number of hydrogen-bond acceptors (Lipinski definition) is 2. The second kappa shape index (κ2) is 4.37. The predicted molar refractivity (Wildman–Crippen MR) is 69.0 cm³/mol. The molecule has 0 radical (unpaired) electrons. The molecular formula is C13H19N3O. The normalized spacial score (nSPS) is 17.3. The number of carbonyl (C=O) groups is 1. The first-order chi connectivity index (χ1) is 8.10. The molecule has 0 spiro atoms. The Hall–Kier alpha value is -1.55. The molecule has 0 atom stereocenters. The van der Waals surface area contributed by atoms with Crippen LogP contribution in [0.15, 0.2) is 24.3 Å². The first-order valence-electron chi connectivity index (χ1n) is 5.93. The molecular weight excluding hydrogens is 214 g/mol. The van der Waals surface area contributed by atoms with Gasteiger partial charge in [-0.1, -0.05) is 24.6 Å². The van der Waals surface area contributed by atoms with Gasteiger partial charge in [-0.05, 0) is 24.5 Å². The van der Waals surface area contributed by atoms with Crippen LogP contribution in [0.3, 0.4) is 0 Å². The van der Waals surface area contributed by atoms with E-state index in [1.807, 2.05) is 18.2 Å². The molecule has 1 aliphatic carbocycles. The van der Waals surface area contributed by atoms with Crippen molar-refractivity contribution >= 4 is 11.7 Å². The summed E-state index contributed by atoms with van der Waals surface area (Å²) in [7, 11) is 1.70. The molecule has 4 heteroatoms. The standard InChI is InChI=1S/C13H19N3O/c1-16(12(15)17)11-6-3-2-5-10(11)13(9-14)7-4-8-13/h2-3,5-6H,4,7-9,14H2,1H3,(H2,15,17). The van der Waals surface area contributed by atoms with Crippen LogP contribution in [0, 0.1) is 0 Å². The van der Waals surface area contributed by atoms with Crippen molar-refractivity contribution in [1.82, 2.24) is 0 Å². The summed E-state index contributed by atoms with van der Waals surface area (Å²) in [5.41, 5.74) is 13.3. The average Bonchev–Trinajstić information content (AvgIpc) is 2.28. The Labute approximate surface area is 102 Å². The minimum atomic E-state index is -0.441. The summed E-state index contributed by atoms with van der Waals surface area (Å²) in [4.78, 5) is 12.8. The first kappa shape index (κ1) is 11.9. The monoisotopic (exact) mass is 233 g/mol. The quantitative estimate of drug-likeness (QED) is 0.832. The Morgan fingerprint density at radius 3 is 2.53 bits per heavy atom. The molecule has 1 saturated carbocycles. The maximum Gasteiger partial charge on any atom is 0.319 e. The molecule has 17 heavy (non-hydrogen) atoms. The summed E-state index contributed by atoms with van der Waals surface area (Å²) in [6.07, 6.45) is 3.38. The van der Waals surface area contributed by atoms with Crippen LogP contribution in [-0.2, 0) is 5.41 Å². The zero-order valence-electron chi connectivity index (χ0n) is 10.1. The van der Waals surface area contributed by atoms with Gasteiger partial charge in [-0.15, -0.1) is 0 Å². The smallest absolute Gasteiger partial charge is 0.319 e. The molecule has 0 aliphatic heterocycles. The van der Waals surface area contributed by atoms with Gasteiger partial charge in [0.1, 0.15) is 0 Å². The third-order valence-corrected chi connectivity index (χ3v) is 3.87. The molecule has 0 aromatic heterocycles. The molecule has 2 rings (SSSR count). The number of urea groups is 1. The highest BCUT2D eigenvalue weighted by Crippen LogP contribution is 2.46. The first-order valence-corrected chi connectivity index (χ1v) is 5.93. The van der Waals surface area contributed by atoms with Crippen molar-refractivity contribution in [1.29, 1.82) is 0 Å². The molecule has 1 aliphatic rings. The molecule has 1 fully saturated rings. The fraction of sp³-hybridized carbons (Fsp3) is 0.462. The van der Waals surface area contributed by atoms with E-state index in [9.17, 15) is 4.79 Å². The number of benzene rings is 1. The van der Waals surface area contributed by atoms with Crippen molar-refractivity contribution in [3.8, 4) is 0 Å². The van der Waals surface area contributed by atoms with Crippen molar-refractivity contribution in [2.75, 3.05) is 18.5 Å².